The van der Waals surface area contributed by atoms with Crippen LogP contribution in [0.1, 0.15) is 0 Å². The third kappa shape index (κ3) is 2.15. The predicted octanol–water partition coefficient (Wildman–Crippen LogP) is 0.397. The van der Waals surface area contributed by atoms with Gasteiger partial charge in [0.05, 0.1) is 5.56 Å². The Morgan fingerprint density at radius 2 is 1.82 bits per heavy atom. The van der Waals surface area contributed by atoms with Gasteiger partial charge < -0.3 is 0 Å². The molecule has 0 saturated carbocycles. The third-order valence-corrected chi connectivity index (χ3v) is 2.64. The van der Waals surface area contributed by atoms with Gasteiger partial charge in [-0.1, -0.05) is 6.07 Å². The second-order valence-electron chi connectivity index (χ2n) is 3.11. The minimum atomic E-state index is -4.09. The highest BCUT2D eigenvalue weighted by atomic mass is 32.2. The zero-order chi connectivity index (χ0) is 12.6. The lowest BCUT2D eigenvalue weighted by atomic mass is 10.2. The number of halogens is 2. The number of nitrogens with one attached hydrogen (secondary N) is 1. The summed E-state index contributed by atoms with van der Waals surface area (Å²) in [6.45, 7) is 0. The molecule has 1 heterocycles. The van der Waals surface area contributed by atoms with Crippen molar-refractivity contribution in [3.05, 3.63) is 29.8 Å². The van der Waals surface area contributed by atoms with Crippen molar-refractivity contribution in [2.24, 2.45) is 5.14 Å². The molecule has 0 bridgehead atoms. The fourth-order valence-electron chi connectivity index (χ4n) is 1.20. The molecule has 90 valence electrons. The fraction of sp³-hybridized carbons (Fsp3) is 0. The number of benzene rings is 1. The first-order chi connectivity index (χ1) is 7.89. The van der Waals surface area contributed by atoms with Gasteiger partial charge in [0, 0.05) is 0 Å². The molecule has 6 nitrogen and oxygen atoms in total. The summed E-state index contributed by atoms with van der Waals surface area (Å²) in [5, 5.41) is 9.51. The van der Waals surface area contributed by atoms with Crippen LogP contribution in [-0.4, -0.2) is 23.6 Å². The Balaban J connectivity index is 2.59. The van der Waals surface area contributed by atoms with E-state index in [-0.39, 0.29) is 0 Å². The summed E-state index contributed by atoms with van der Waals surface area (Å²) < 4.78 is 48.5. The van der Waals surface area contributed by atoms with E-state index < -0.39 is 38.2 Å². The molecule has 3 N–H and O–H groups in total. The normalized spacial score (nSPS) is 11.7. The number of H-pyrrole nitrogens is 1. The highest BCUT2D eigenvalue weighted by molar-refractivity contribution is 7.89. The van der Waals surface area contributed by atoms with Gasteiger partial charge >= 0.3 is 0 Å². The average Bonchev–Trinajstić information content (AvgIpc) is 2.65. The average molecular weight is 260 g/mol. The van der Waals surface area contributed by atoms with E-state index in [0.717, 1.165) is 12.1 Å². The summed E-state index contributed by atoms with van der Waals surface area (Å²) in [6.07, 6.45) is 0. The van der Waals surface area contributed by atoms with E-state index in [2.05, 4.69) is 10.1 Å². The SMILES string of the molecule is NS(=O)(=O)c1nc(-c2c(F)cccc2F)n[nH]1. The molecule has 0 aliphatic carbocycles. The van der Waals surface area contributed by atoms with Gasteiger partial charge in [0.15, 0.2) is 5.82 Å². The summed E-state index contributed by atoms with van der Waals surface area (Å²) in [6, 6.07) is 3.18. The monoisotopic (exact) mass is 260 g/mol. The summed E-state index contributed by atoms with van der Waals surface area (Å²) in [4.78, 5) is 3.41. The first-order valence-electron chi connectivity index (χ1n) is 4.29. The van der Waals surface area contributed by atoms with Gasteiger partial charge in [0.25, 0.3) is 15.2 Å². The molecule has 9 heteroatoms. The number of hydrogen-bond donors (Lipinski definition) is 2. The van der Waals surface area contributed by atoms with Crippen LogP contribution in [-0.2, 0) is 10.0 Å². The van der Waals surface area contributed by atoms with Crippen LogP contribution in [0.15, 0.2) is 23.4 Å². The van der Waals surface area contributed by atoms with Crippen LogP contribution in [0.25, 0.3) is 11.4 Å². The van der Waals surface area contributed by atoms with Crippen LogP contribution in [0.3, 0.4) is 0 Å². The lowest BCUT2D eigenvalue weighted by molar-refractivity contribution is 0.585. The first-order valence-corrected chi connectivity index (χ1v) is 5.84. The predicted molar refractivity (Wildman–Crippen MR) is 53.1 cm³/mol. The van der Waals surface area contributed by atoms with E-state index in [0.29, 0.717) is 0 Å². The van der Waals surface area contributed by atoms with Crippen LogP contribution in [0, 0.1) is 11.6 Å². The Labute approximate surface area is 94.5 Å². The molecule has 0 spiro atoms. The topological polar surface area (TPSA) is 102 Å². The van der Waals surface area contributed by atoms with E-state index in [9.17, 15) is 17.2 Å². The van der Waals surface area contributed by atoms with Gasteiger partial charge in [-0.25, -0.2) is 27.4 Å². The molecule has 1 aromatic carbocycles. The van der Waals surface area contributed by atoms with E-state index in [1.54, 1.807) is 0 Å². The molecular formula is C8H6F2N4O2S. The molecular weight excluding hydrogens is 254 g/mol. The Kier molecular flexibility index (Phi) is 2.63. The first kappa shape index (κ1) is 11.6. The standard InChI is InChI=1S/C8H6F2N4O2S/c9-4-2-1-3-5(10)6(4)7-12-8(14-13-7)17(11,15)16/h1-3H,(H2,11,15,16)(H,12,13,14). The van der Waals surface area contributed by atoms with Crippen molar-refractivity contribution in [3.8, 4) is 11.4 Å². The van der Waals surface area contributed by atoms with Crippen molar-refractivity contribution in [2.45, 2.75) is 5.16 Å². The molecule has 0 fully saturated rings. The van der Waals surface area contributed by atoms with Crippen molar-refractivity contribution >= 4 is 10.0 Å². The number of hydrogen-bond acceptors (Lipinski definition) is 4. The van der Waals surface area contributed by atoms with Crippen molar-refractivity contribution in [1.82, 2.24) is 15.2 Å². The summed E-state index contributed by atoms with van der Waals surface area (Å²) in [5.74, 6) is -2.21. The summed E-state index contributed by atoms with van der Waals surface area (Å²) in [5.41, 5.74) is -0.515. The Bertz CT molecular complexity index is 648. The maximum absolute atomic E-state index is 13.3. The maximum Gasteiger partial charge on any atom is 0.273 e. The number of sulfonamides is 1. The van der Waals surface area contributed by atoms with Crippen LogP contribution < -0.4 is 5.14 Å². The second-order valence-corrected chi connectivity index (χ2v) is 4.58. The lowest BCUT2D eigenvalue weighted by Gasteiger charge is -1.98. The van der Waals surface area contributed by atoms with Gasteiger partial charge in [0.1, 0.15) is 11.6 Å². The number of aromatic nitrogens is 3. The largest absolute Gasteiger partial charge is 0.273 e. The van der Waals surface area contributed by atoms with E-state index in [4.69, 9.17) is 5.14 Å². The minimum absolute atomic E-state index is 0.412. The van der Waals surface area contributed by atoms with Crippen LogP contribution in [0.4, 0.5) is 8.78 Å². The van der Waals surface area contributed by atoms with Crippen molar-refractivity contribution in [1.29, 1.82) is 0 Å². The van der Waals surface area contributed by atoms with Gasteiger partial charge in [-0.05, 0) is 12.1 Å². The fourth-order valence-corrected chi connectivity index (χ4v) is 1.58. The number of rotatable bonds is 2. The molecule has 0 amide bonds. The number of nitrogens with zero attached hydrogens (tertiary/aromatic N) is 2. The highest BCUT2D eigenvalue weighted by Gasteiger charge is 2.19. The molecule has 2 rings (SSSR count). The molecule has 0 saturated heterocycles. The quantitative estimate of drug-likeness (QED) is 0.815. The van der Waals surface area contributed by atoms with Gasteiger partial charge in [-0.15, -0.1) is 0 Å². The molecule has 17 heavy (non-hydrogen) atoms. The second kappa shape index (κ2) is 3.86. The zero-order valence-corrected chi connectivity index (χ0v) is 9.00. The lowest BCUT2D eigenvalue weighted by Crippen LogP contribution is -2.13. The molecule has 0 atom stereocenters. The van der Waals surface area contributed by atoms with Gasteiger partial charge in [0.2, 0.25) is 0 Å². The number of primary sulfonamides is 1. The molecule has 0 aliphatic heterocycles. The zero-order valence-electron chi connectivity index (χ0n) is 8.18. The van der Waals surface area contributed by atoms with Gasteiger partial charge in [-0.2, -0.15) is 10.1 Å². The van der Waals surface area contributed by atoms with Gasteiger partial charge in [-0.3, -0.25) is 0 Å². The van der Waals surface area contributed by atoms with Crippen molar-refractivity contribution < 1.29 is 17.2 Å². The van der Waals surface area contributed by atoms with E-state index in [1.807, 2.05) is 5.10 Å². The van der Waals surface area contributed by atoms with Crippen molar-refractivity contribution in [2.75, 3.05) is 0 Å². The Hall–Kier alpha value is -1.87. The Morgan fingerprint density at radius 3 is 2.29 bits per heavy atom. The van der Waals surface area contributed by atoms with Crippen LogP contribution in [0.5, 0.6) is 0 Å². The maximum atomic E-state index is 13.3. The van der Waals surface area contributed by atoms with E-state index in [1.165, 1.54) is 6.07 Å². The van der Waals surface area contributed by atoms with E-state index >= 15 is 0 Å². The highest BCUT2D eigenvalue weighted by Crippen LogP contribution is 2.22. The van der Waals surface area contributed by atoms with Crippen LogP contribution >= 0.6 is 0 Å². The van der Waals surface area contributed by atoms with Crippen molar-refractivity contribution in [3.63, 3.8) is 0 Å². The van der Waals surface area contributed by atoms with Crippen LogP contribution in [0.2, 0.25) is 0 Å². The molecule has 2 aromatic rings. The summed E-state index contributed by atoms with van der Waals surface area (Å²) in [7, 11) is -4.09. The minimum Gasteiger partial charge on any atom is -0.248 e. The molecule has 0 unspecified atom stereocenters. The summed E-state index contributed by atoms with van der Waals surface area (Å²) >= 11 is 0. The smallest absolute Gasteiger partial charge is 0.248 e. The number of nitrogens with two attached hydrogens (primary N) is 1. The number of aromatic amines is 1. The molecule has 0 aliphatic rings. The molecule has 0 radical (unpaired) electrons. The molecule has 1 aromatic heterocycles. The Morgan fingerprint density at radius 1 is 1.24 bits per heavy atom. The third-order valence-electron chi connectivity index (χ3n) is 1.92.